The first-order valence-corrected chi connectivity index (χ1v) is 26.5. The van der Waals surface area contributed by atoms with Crippen LogP contribution in [0.25, 0.3) is 10.9 Å². The number of carbonyl (C=O) groups is 10. The molecular weight excluding hydrogens is 1050 g/mol. The fourth-order valence-corrected chi connectivity index (χ4v) is 8.45. The molecule has 0 aliphatic rings. The maximum atomic E-state index is 14.3. The molecule has 0 saturated heterocycles. The molecule has 0 fully saturated rings. The van der Waals surface area contributed by atoms with Crippen LogP contribution in [0.1, 0.15) is 49.8 Å². The first kappa shape index (κ1) is 61.5. The molecule has 3 aromatic carbocycles. The van der Waals surface area contributed by atoms with E-state index in [-0.39, 0.29) is 37.2 Å². The van der Waals surface area contributed by atoms with Gasteiger partial charge in [-0.1, -0.05) is 74.5 Å². The van der Waals surface area contributed by atoms with Crippen LogP contribution < -0.4 is 52.9 Å². The summed E-state index contributed by atoms with van der Waals surface area (Å²) in [6.07, 6.45) is 1.06. The minimum absolute atomic E-state index is 0.0395. The van der Waals surface area contributed by atoms with Crippen LogP contribution in [0.5, 0.6) is 5.75 Å². The van der Waals surface area contributed by atoms with Crippen LogP contribution in [-0.2, 0) is 77.6 Å². The smallest absolute Gasteiger partial charge is 0.446 e. The van der Waals surface area contributed by atoms with Crippen LogP contribution in [0.4, 0.5) is 0 Å². The van der Waals surface area contributed by atoms with Crippen LogP contribution in [-0.4, -0.2) is 148 Å². The molecule has 28 heteroatoms. The van der Waals surface area contributed by atoms with Crippen LogP contribution in [0.2, 0.25) is 0 Å². The summed E-state index contributed by atoms with van der Waals surface area (Å²) >= 11 is 1.31. The Balaban J connectivity index is 1.53. The van der Waals surface area contributed by atoms with Gasteiger partial charge in [-0.15, -0.1) is 0 Å². The number of fused-ring (bicyclic) bond motifs is 1. The average molecular weight is 1110 g/mol. The van der Waals surface area contributed by atoms with Crippen molar-refractivity contribution in [2.45, 2.75) is 94.7 Å². The van der Waals surface area contributed by atoms with Gasteiger partial charge in [0.25, 0.3) is 0 Å². The molecule has 0 bridgehead atoms. The molecule has 4 rings (SSSR count). The third kappa shape index (κ3) is 20.5. The maximum Gasteiger partial charge on any atom is 0.446 e. The number of carboxylic acid groups (broad SMARTS) is 2. The van der Waals surface area contributed by atoms with Crippen molar-refractivity contribution in [3.63, 3.8) is 0 Å². The molecule has 416 valence electrons. The minimum Gasteiger partial charge on any atom is -0.481 e. The number of thioether (sulfide) groups is 1. The van der Waals surface area contributed by atoms with E-state index in [1.807, 2.05) is 0 Å². The summed E-state index contributed by atoms with van der Waals surface area (Å²) in [7, 11) is -4.87. The molecule has 26 nitrogen and oxygen atoms in total. The number of hydrogen-bond donors (Lipinski definition) is 13. The minimum atomic E-state index is -4.87. The number of benzene rings is 3. The van der Waals surface area contributed by atoms with Crippen LogP contribution in [0.3, 0.4) is 0 Å². The fraction of sp³-hybridized carbons (Fsp3) is 0.388. The lowest BCUT2D eigenvalue weighted by atomic mass is 10.0. The topological polar surface area (TPSA) is 427 Å². The summed E-state index contributed by atoms with van der Waals surface area (Å²) in [4.78, 5) is 135. The second-order valence-corrected chi connectivity index (χ2v) is 19.9. The number of aromatic amines is 1. The second kappa shape index (κ2) is 29.3. The number of carboxylic acids is 2. The van der Waals surface area contributed by atoms with Gasteiger partial charge in [0.15, 0.2) is 0 Å². The molecule has 0 saturated carbocycles. The number of aromatic nitrogens is 1. The molecule has 0 radical (unpaired) electrons. The lowest BCUT2D eigenvalue weighted by Crippen LogP contribution is -2.59. The van der Waals surface area contributed by atoms with Crippen molar-refractivity contribution in [3.8, 4) is 5.75 Å². The molecule has 1 heterocycles. The Morgan fingerprint density at radius 2 is 1.17 bits per heavy atom. The Hall–Kier alpha value is -8.08. The summed E-state index contributed by atoms with van der Waals surface area (Å²) < 4.78 is 35.7. The van der Waals surface area contributed by atoms with Gasteiger partial charge in [-0.25, -0.2) is 0 Å². The maximum absolute atomic E-state index is 14.3. The van der Waals surface area contributed by atoms with Gasteiger partial charge in [0.05, 0.1) is 25.4 Å². The summed E-state index contributed by atoms with van der Waals surface area (Å²) in [6, 6.07) is 10.1. The predicted molar refractivity (Wildman–Crippen MR) is 279 cm³/mol. The first-order valence-electron chi connectivity index (χ1n) is 23.7. The highest BCUT2D eigenvalue weighted by Crippen LogP contribution is 2.20. The SMILES string of the molecule is CSCC[C@H](NC(=O)[C@H](Cc1c[nH]c2ccccc12)NC(=O)CNC(=O)[C@@H](NC(=O)[C@H](Cc1ccc(OS(=O)(=O)O)cc1)NC(=O)[C@@H](N)CC(=O)O)C(C)C)C(=O)N[C@@H](CC(=O)O)C(=O)N[C@@H](Cc1ccccc1)C(N)=O. The lowest BCUT2D eigenvalue weighted by molar-refractivity contribution is -0.141. The van der Waals surface area contributed by atoms with Crippen molar-refractivity contribution in [2.75, 3.05) is 18.6 Å². The van der Waals surface area contributed by atoms with Crippen molar-refractivity contribution < 1.29 is 75.3 Å². The number of primary amides is 1. The van der Waals surface area contributed by atoms with E-state index in [4.69, 9.17) is 16.0 Å². The highest BCUT2D eigenvalue weighted by molar-refractivity contribution is 7.98. The lowest BCUT2D eigenvalue weighted by Gasteiger charge is -2.26. The van der Waals surface area contributed by atoms with Gasteiger partial charge in [0, 0.05) is 36.4 Å². The Morgan fingerprint density at radius 1 is 0.636 bits per heavy atom. The number of nitrogens with one attached hydrogen (secondary N) is 8. The van der Waals surface area contributed by atoms with Crippen molar-refractivity contribution in [2.24, 2.45) is 17.4 Å². The van der Waals surface area contributed by atoms with Gasteiger partial charge in [0.1, 0.15) is 42.0 Å². The number of amides is 8. The Morgan fingerprint density at radius 3 is 1.78 bits per heavy atom. The fourth-order valence-electron chi connectivity index (χ4n) is 7.63. The largest absolute Gasteiger partial charge is 0.481 e. The van der Waals surface area contributed by atoms with E-state index in [1.54, 1.807) is 80.9 Å². The Labute approximate surface area is 446 Å². The summed E-state index contributed by atoms with van der Waals surface area (Å²) in [5, 5.41) is 36.9. The number of carbonyl (C=O) groups excluding carboxylic acids is 8. The van der Waals surface area contributed by atoms with Crippen molar-refractivity contribution in [3.05, 3.63) is 102 Å². The molecule has 15 N–H and O–H groups in total. The predicted octanol–water partition coefficient (Wildman–Crippen LogP) is -1.43. The molecule has 0 unspecified atom stereocenters. The summed E-state index contributed by atoms with van der Waals surface area (Å²) in [6.45, 7) is 2.34. The third-order valence-electron chi connectivity index (χ3n) is 11.5. The van der Waals surface area contributed by atoms with Gasteiger partial charge in [-0.3, -0.25) is 52.5 Å². The molecule has 0 aliphatic heterocycles. The Bertz CT molecular complexity index is 2870. The molecule has 8 amide bonds. The zero-order valence-electron chi connectivity index (χ0n) is 42.0. The van der Waals surface area contributed by atoms with E-state index in [2.05, 4.69) is 46.4 Å². The molecule has 1 aromatic heterocycles. The zero-order valence-corrected chi connectivity index (χ0v) is 43.6. The highest BCUT2D eigenvalue weighted by atomic mass is 32.3. The van der Waals surface area contributed by atoms with Gasteiger partial charge in [-0.2, -0.15) is 20.2 Å². The van der Waals surface area contributed by atoms with Gasteiger partial charge < -0.3 is 68.1 Å². The molecule has 4 aromatic rings. The van der Waals surface area contributed by atoms with Gasteiger partial charge in [0.2, 0.25) is 47.3 Å². The number of hydrogen-bond acceptors (Lipinski definition) is 15. The second-order valence-electron chi connectivity index (χ2n) is 17.9. The summed E-state index contributed by atoms with van der Waals surface area (Å²) in [5.41, 5.74) is 13.5. The zero-order chi connectivity index (χ0) is 57.0. The van der Waals surface area contributed by atoms with E-state index < -0.39 is 137 Å². The number of nitrogens with two attached hydrogens (primary N) is 2. The van der Waals surface area contributed by atoms with Crippen molar-refractivity contribution in [1.29, 1.82) is 0 Å². The molecule has 0 spiro atoms. The van der Waals surface area contributed by atoms with E-state index >= 15 is 0 Å². The number of para-hydroxylation sites is 1. The van der Waals surface area contributed by atoms with Gasteiger partial charge >= 0.3 is 22.3 Å². The number of aliphatic carboxylic acids is 2. The Kier molecular flexibility index (Phi) is 23.4. The standard InChI is InChI=1S/C49H62N10O16S2/c1-26(2)42(59-48(70)36(57-44(66)32(50)22-40(61)62)20-28-13-15-30(16-14-28)75-77(72,73)74)49(71)53-25-39(60)54-37(21-29-24-52-33-12-8-7-11-31(29)33)46(68)55-34(17-18-76-3)45(67)58-38(23-41(63)64)47(69)56-35(43(51)65)19-27-9-5-4-6-10-27/h4-16,24,26,32,34-38,42,52H,17-23,25,50H2,1-3H3,(H2,51,65)(H,53,71)(H,54,60)(H,55,68)(H,56,69)(H,57,66)(H,58,67)(H,59,70)(H,61,62)(H,63,64)(H,72,73,74)/t32-,34-,35-,36-,37-,38-,42-/m0/s1. The number of H-pyrrole nitrogens is 1. The van der Waals surface area contributed by atoms with Crippen molar-refractivity contribution >= 4 is 92.3 Å². The number of rotatable bonds is 31. The molecule has 0 aliphatic carbocycles. The summed E-state index contributed by atoms with van der Waals surface area (Å²) in [5.74, 6) is -11.2. The molecule has 77 heavy (non-hydrogen) atoms. The third-order valence-corrected chi connectivity index (χ3v) is 12.6. The van der Waals surface area contributed by atoms with E-state index in [0.29, 0.717) is 27.6 Å². The van der Waals surface area contributed by atoms with Crippen LogP contribution in [0.15, 0.2) is 85.1 Å². The van der Waals surface area contributed by atoms with Crippen molar-refractivity contribution in [1.82, 2.24) is 42.2 Å². The average Bonchev–Trinajstić information content (AvgIpc) is 3.77. The monoisotopic (exact) mass is 1110 g/mol. The normalized spacial score (nSPS) is 14.0. The van der Waals surface area contributed by atoms with Crippen LogP contribution in [0, 0.1) is 5.92 Å². The highest BCUT2D eigenvalue weighted by Gasteiger charge is 2.34. The van der Waals surface area contributed by atoms with Gasteiger partial charge in [-0.05, 0) is 59.2 Å². The molecule has 7 atom stereocenters. The molecular formula is C49H62N10O16S2. The quantitative estimate of drug-likeness (QED) is 0.0257. The van der Waals surface area contributed by atoms with E-state index in [0.717, 1.165) is 12.1 Å². The van der Waals surface area contributed by atoms with E-state index in [1.165, 1.54) is 23.9 Å². The first-order chi connectivity index (χ1) is 36.3. The van der Waals surface area contributed by atoms with Crippen LogP contribution >= 0.6 is 11.8 Å². The van der Waals surface area contributed by atoms with E-state index in [9.17, 15) is 66.6 Å².